The molecule has 0 saturated carbocycles. The standard InChI is InChI=1S/C15H18N2O3/c1-4-13-16-12(17-20-13)9-18-11-7-5-6-10-8-15(2,3)19-14(10)11/h5-7H,4,8-9H2,1-3H3. The van der Waals surface area contributed by atoms with Crippen LogP contribution in [0.4, 0.5) is 0 Å². The number of para-hydroxylation sites is 1. The number of nitrogens with zero attached hydrogens (tertiary/aromatic N) is 2. The summed E-state index contributed by atoms with van der Waals surface area (Å²) in [7, 11) is 0. The fourth-order valence-electron chi connectivity index (χ4n) is 2.34. The molecule has 5 heteroatoms. The Morgan fingerprint density at radius 2 is 2.20 bits per heavy atom. The zero-order chi connectivity index (χ0) is 14.2. The molecular weight excluding hydrogens is 256 g/mol. The van der Waals surface area contributed by atoms with E-state index in [4.69, 9.17) is 14.0 Å². The molecule has 3 rings (SSSR count). The van der Waals surface area contributed by atoms with Crippen molar-refractivity contribution in [2.75, 3.05) is 0 Å². The highest BCUT2D eigenvalue weighted by molar-refractivity contribution is 5.50. The summed E-state index contributed by atoms with van der Waals surface area (Å²) in [5.41, 5.74) is 0.999. The van der Waals surface area contributed by atoms with E-state index in [0.29, 0.717) is 11.7 Å². The topological polar surface area (TPSA) is 57.4 Å². The third-order valence-electron chi connectivity index (χ3n) is 3.22. The van der Waals surface area contributed by atoms with Crippen molar-refractivity contribution < 1.29 is 14.0 Å². The third kappa shape index (κ3) is 2.48. The van der Waals surface area contributed by atoms with Crippen LogP contribution in [0.3, 0.4) is 0 Å². The Hall–Kier alpha value is -2.04. The van der Waals surface area contributed by atoms with E-state index in [1.165, 1.54) is 5.56 Å². The number of hydrogen-bond acceptors (Lipinski definition) is 5. The van der Waals surface area contributed by atoms with Gasteiger partial charge in [-0.05, 0) is 19.9 Å². The van der Waals surface area contributed by atoms with Gasteiger partial charge in [0.25, 0.3) is 0 Å². The molecule has 0 unspecified atom stereocenters. The van der Waals surface area contributed by atoms with E-state index in [1.54, 1.807) is 0 Å². The normalized spacial score (nSPS) is 15.8. The first-order valence-corrected chi connectivity index (χ1v) is 6.82. The van der Waals surface area contributed by atoms with Crippen molar-refractivity contribution in [3.8, 4) is 11.5 Å². The Kier molecular flexibility index (Phi) is 3.12. The van der Waals surface area contributed by atoms with Gasteiger partial charge >= 0.3 is 0 Å². The fourth-order valence-corrected chi connectivity index (χ4v) is 2.34. The minimum atomic E-state index is -0.177. The second-order valence-corrected chi connectivity index (χ2v) is 5.53. The Labute approximate surface area is 117 Å². The molecule has 1 aliphatic heterocycles. The van der Waals surface area contributed by atoms with E-state index in [-0.39, 0.29) is 12.2 Å². The second-order valence-electron chi connectivity index (χ2n) is 5.53. The van der Waals surface area contributed by atoms with Crippen LogP contribution in [-0.2, 0) is 19.4 Å². The zero-order valence-electron chi connectivity index (χ0n) is 12.0. The second kappa shape index (κ2) is 4.81. The lowest BCUT2D eigenvalue weighted by atomic mass is 10.0. The van der Waals surface area contributed by atoms with Gasteiger partial charge in [0.15, 0.2) is 18.1 Å². The summed E-state index contributed by atoms with van der Waals surface area (Å²) in [6.07, 6.45) is 1.62. The van der Waals surface area contributed by atoms with Gasteiger partial charge < -0.3 is 14.0 Å². The van der Waals surface area contributed by atoms with Gasteiger partial charge in [0.1, 0.15) is 5.60 Å². The highest BCUT2D eigenvalue weighted by Gasteiger charge is 2.32. The number of aromatic nitrogens is 2. The SMILES string of the molecule is CCc1nc(COc2cccc3c2OC(C)(C)C3)no1. The van der Waals surface area contributed by atoms with Crippen LogP contribution in [0, 0.1) is 0 Å². The van der Waals surface area contributed by atoms with E-state index in [1.807, 2.05) is 19.1 Å². The van der Waals surface area contributed by atoms with Gasteiger partial charge in [0.2, 0.25) is 11.7 Å². The van der Waals surface area contributed by atoms with Crippen LogP contribution in [0.2, 0.25) is 0 Å². The zero-order valence-corrected chi connectivity index (χ0v) is 12.0. The lowest BCUT2D eigenvalue weighted by Gasteiger charge is -2.18. The van der Waals surface area contributed by atoms with Crippen molar-refractivity contribution in [3.63, 3.8) is 0 Å². The lowest BCUT2D eigenvalue weighted by Crippen LogP contribution is -2.24. The van der Waals surface area contributed by atoms with Gasteiger partial charge in [-0.1, -0.05) is 24.2 Å². The van der Waals surface area contributed by atoms with E-state index in [0.717, 1.165) is 24.3 Å². The molecule has 0 spiro atoms. The van der Waals surface area contributed by atoms with Crippen LogP contribution in [0.15, 0.2) is 22.7 Å². The summed E-state index contributed by atoms with van der Waals surface area (Å²) < 4.78 is 16.8. The Bertz CT molecular complexity index is 619. The lowest BCUT2D eigenvalue weighted by molar-refractivity contribution is 0.131. The van der Waals surface area contributed by atoms with Crippen molar-refractivity contribution in [2.24, 2.45) is 0 Å². The molecule has 106 valence electrons. The summed E-state index contributed by atoms with van der Waals surface area (Å²) in [5.74, 6) is 2.74. The molecule has 0 radical (unpaired) electrons. The van der Waals surface area contributed by atoms with Crippen LogP contribution in [-0.4, -0.2) is 15.7 Å². The average molecular weight is 274 g/mol. The molecule has 0 aliphatic carbocycles. The molecule has 0 bridgehead atoms. The first kappa shape index (κ1) is 13.0. The van der Waals surface area contributed by atoms with Gasteiger partial charge in [-0.15, -0.1) is 0 Å². The molecule has 1 aromatic carbocycles. The summed E-state index contributed by atoms with van der Waals surface area (Å²) in [6, 6.07) is 5.95. The summed E-state index contributed by atoms with van der Waals surface area (Å²) in [6.45, 7) is 6.40. The first-order chi connectivity index (χ1) is 9.57. The highest BCUT2D eigenvalue weighted by Crippen LogP contribution is 2.41. The maximum absolute atomic E-state index is 5.95. The highest BCUT2D eigenvalue weighted by atomic mass is 16.5. The molecule has 2 aromatic rings. The minimum absolute atomic E-state index is 0.177. The molecular formula is C15H18N2O3. The van der Waals surface area contributed by atoms with E-state index >= 15 is 0 Å². The summed E-state index contributed by atoms with van der Waals surface area (Å²) in [4.78, 5) is 4.22. The Morgan fingerprint density at radius 1 is 1.35 bits per heavy atom. The average Bonchev–Trinajstić information content (AvgIpc) is 2.98. The maximum Gasteiger partial charge on any atom is 0.226 e. The maximum atomic E-state index is 5.95. The number of hydrogen-bond donors (Lipinski definition) is 0. The summed E-state index contributed by atoms with van der Waals surface area (Å²) in [5, 5.41) is 3.87. The molecule has 5 nitrogen and oxygen atoms in total. The van der Waals surface area contributed by atoms with Crippen molar-refractivity contribution in [3.05, 3.63) is 35.5 Å². The van der Waals surface area contributed by atoms with Crippen molar-refractivity contribution in [2.45, 2.75) is 45.8 Å². The fraction of sp³-hybridized carbons (Fsp3) is 0.467. The first-order valence-electron chi connectivity index (χ1n) is 6.82. The molecule has 1 aliphatic rings. The van der Waals surface area contributed by atoms with E-state index < -0.39 is 0 Å². The Balaban J connectivity index is 1.75. The van der Waals surface area contributed by atoms with Gasteiger partial charge in [0, 0.05) is 18.4 Å². The minimum Gasteiger partial charge on any atom is -0.483 e. The summed E-state index contributed by atoms with van der Waals surface area (Å²) >= 11 is 0. The number of fused-ring (bicyclic) bond motifs is 1. The molecule has 0 amide bonds. The molecule has 0 atom stereocenters. The smallest absolute Gasteiger partial charge is 0.226 e. The predicted octanol–water partition coefficient (Wildman–Crippen LogP) is 2.92. The van der Waals surface area contributed by atoms with E-state index in [2.05, 4.69) is 30.1 Å². The molecule has 20 heavy (non-hydrogen) atoms. The van der Waals surface area contributed by atoms with Crippen molar-refractivity contribution >= 4 is 0 Å². The largest absolute Gasteiger partial charge is 0.483 e. The van der Waals surface area contributed by atoms with Crippen LogP contribution < -0.4 is 9.47 Å². The Morgan fingerprint density at radius 3 is 2.95 bits per heavy atom. The molecule has 0 saturated heterocycles. The van der Waals surface area contributed by atoms with E-state index in [9.17, 15) is 0 Å². The monoisotopic (exact) mass is 274 g/mol. The van der Waals surface area contributed by atoms with Crippen LogP contribution >= 0.6 is 0 Å². The van der Waals surface area contributed by atoms with Crippen LogP contribution in [0.5, 0.6) is 11.5 Å². The van der Waals surface area contributed by atoms with Crippen molar-refractivity contribution in [1.29, 1.82) is 0 Å². The predicted molar refractivity (Wildman–Crippen MR) is 72.9 cm³/mol. The van der Waals surface area contributed by atoms with Gasteiger partial charge in [0.05, 0.1) is 0 Å². The molecule has 0 N–H and O–H groups in total. The number of benzene rings is 1. The van der Waals surface area contributed by atoms with Gasteiger partial charge in [-0.25, -0.2) is 0 Å². The third-order valence-corrected chi connectivity index (χ3v) is 3.22. The van der Waals surface area contributed by atoms with Gasteiger partial charge in [-0.3, -0.25) is 0 Å². The molecule has 0 fully saturated rings. The number of aryl methyl sites for hydroxylation is 1. The van der Waals surface area contributed by atoms with Crippen molar-refractivity contribution in [1.82, 2.24) is 10.1 Å². The van der Waals surface area contributed by atoms with Gasteiger partial charge in [-0.2, -0.15) is 4.98 Å². The number of rotatable bonds is 4. The quantitative estimate of drug-likeness (QED) is 0.858. The van der Waals surface area contributed by atoms with Crippen LogP contribution in [0.1, 0.15) is 38.0 Å². The number of ether oxygens (including phenoxy) is 2. The van der Waals surface area contributed by atoms with Crippen LogP contribution in [0.25, 0.3) is 0 Å². The molecule has 2 heterocycles. The molecule has 1 aromatic heterocycles.